The summed E-state index contributed by atoms with van der Waals surface area (Å²) in [7, 11) is 0. The molecule has 1 rings (SSSR count). The number of hydrogen-bond donors (Lipinski definition) is 1. The van der Waals surface area contributed by atoms with Crippen LogP contribution in [-0.4, -0.2) is 25.3 Å². The lowest BCUT2D eigenvalue weighted by molar-refractivity contribution is -0.0613. The summed E-state index contributed by atoms with van der Waals surface area (Å²) >= 11 is 0. The SMILES string of the molecule is CCNCCCC(C)OC1CC(C)CC(C)(C)C1. The van der Waals surface area contributed by atoms with E-state index < -0.39 is 0 Å². The highest BCUT2D eigenvalue weighted by molar-refractivity contribution is 4.83. The van der Waals surface area contributed by atoms with E-state index >= 15 is 0 Å². The maximum Gasteiger partial charge on any atom is 0.0586 e. The zero-order valence-corrected chi connectivity index (χ0v) is 13.1. The first-order chi connectivity index (χ1) is 8.43. The van der Waals surface area contributed by atoms with Gasteiger partial charge in [0.25, 0.3) is 0 Å². The summed E-state index contributed by atoms with van der Waals surface area (Å²) < 4.78 is 6.25. The van der Waals surface area contributed by atoms with Crippen LogP contribution >= 0.6 is 0 Å². The molecule has 1 aliphatic rings. The molecule has 0 amide bonds. The van der Waals surface area contributed by atoms with E-state index in [9.17, 15) is 0 Å². The van der Waals surface area contributed by atoms with E-state index in [-0.39, 0.29) is 0 Å². The van der Waals surface area contributed by atoms with Crippen LogP contribution in [0.4, 0.5) is 0 Å². The second-order valence-electron chi connectivity index (χ2n) is 6.98. The monoisotopic (exact) mass is 255 g/mol. The normalized spacial score (nSPS) is 29.2. The quantitative estimate of drug-likeness (QED) is 0.694. The largest absolute Gasteiger partial charge is 0.375 e. The fourth-order valence-electron chi connectivity index (χ4n) is 3.45. The predicted octanol–water partition coefficient (Wildman–Crippen LogP) is 4.00. The molecular formula is C16H33NO. The molecular weight excluding hydrogens is 222 g/mol. The van der Waals surface area contributed by atoms with Crippen LogP contribution in [0.15, 0.2) is 0 Å². The van der Waals surface area contributed by atoms with Gasteiger partial charge in [-0.3, -0.25) is 0 Å². The topological polar surface area (TPSA) is 21.3 Å². The van der Waals surface area contributed by atoms with Crippen molar-refractivity contribution in [2.24, 2.45) is 11.3 Å². The Morgan fingerprint density at radius 2 is 2.06 bits per heavy atom. The molecule has 0 aromatic carbocycles. The van der Waals surface area contributed by atoms with E-state index in [0.29, 0.717) is 17.6 Å². The molecule has 0 aromatic heterocycles. The van der Waals surface area contributed by atoms with Crippen molar-refractivity contribution in [2.75, 3.05) is 13.1 Å². The van der Waals surface area contributed by atoms with Crippen molar-refractivity contribution in [1.82, 2.24) is 5.32 Å². The minimum absolute atomic E-state index is 0.412. The van der Waals surface area contributed by atoms with Crippen LogP contribution in [0.2, 0.25) is 0 Å². The van der Waals surface area contributed by atoms with Crippen LogP contribution < -0.4 is 5.32 Å². The molecule has 0 bridgehead atoms. The van der Waals surface area contributed by atoms with Crippen molar-refractivity contribution >= 4 is 0 Å². The smallest absolute Gasteiger partial charge is 0.0586 e. The van der Waals surface area contributed by atoms with Gasteiger partial charge in [-0.25, -0.2) is 0 Å². The molecule has 3 atom stereocenters. The molecule has 1 aliphatic carbocycles. The van der Waals surface area contributed by atoms with E-state index in [1.165, 1.54) is 32.1 Å². The Labute approximate surface area is 114 Å². The summed E-state index contributed by atoms with van der Waals surface area (Å²) in [5.41, 5.74) is 0.464. The average Bonchev–Trinajstić information content (AvgIpc) is 2.21. The third-order valence-corrected chi connectivity index (χ3v) is 3.99. The molecule has 0 spiro atoms. The van der Waals surface area contributed by atoms with Crippen molar-refractivity contribution in [3.63, 3.8) is 0 Å². The fourth-order valence-corrected chi connectivity index (χ4v) is 3.45. The second kappa shape index (κ2) is 7.49. The maximum absolute atomic E-state index is 6.25. The van der Waals surface area contributed by atoms with Gasteiger partial charge in [-0.2, -0.15) is 0 Å². The minimum Gasteiger partial charge on any atom is -0.375 e. The highest BCUT2D eigenvalue weighted by Crippen LogP contribution is 2.40. The third kappa shape index (κ3) is 6.19. The second-order valence-corrected chi connectivity index (χ2v) is 6.98. The molecule has 3 unspecified atom stereocenters. The molecule has 0 heterocycles. The van der Waals surface area contributed by atoms with Crippen molar-refractivity contribution in [3.05, 3.63) is 0 Å². The van der Waals surface area contributed by atoms with Gasteiger partial charge in [0.05, 0.1) is 12.2 Å². The van der Waals surface area contributed by atoms with Crippen LogP contribution in [-0.2, 0) is 4.74 Å². The van der Waals surface area contributed by atoms with Crippen molar-refractivity contribution in [3.8, 4) is 0 Å². The van der Waals surface area contributed by atoms with E-state index in [0.717, 1.165) is 19.0 Å². The van der Waals surface area contributed by atoms with Crippen LogP contribution in [0.25, 0.3) is 0 Å². The molecule has 2 heteroatoms. The van der Waals surface area contributed by atoms with Gasteiger partial charge in [0.1, 0.15) is 0 Å². The molecule has 1 saturated carbocycles. The number of rotatable bonds is 7. The van der Waals surface area contributed by atoms with Gasteiger partial charge < -0.3 is 10.1 Å². The lowest BCUT2D eigenvalue weighted by atomic mass is 9.71. The van der Waals surface area contributed by atoms with Gasteiger partial charge in [-0.05, 0) is 63.5 Å². The Bertz CT molecular complexity index is 227. The molecule has 18 heavy (non-hydrogen) atoms. The lowest BCUT2D eigenvalue weighted by Crippen LogP contribution is -2.34. The summed E-state index contributed by atoms with van der Waals surface area (Å²) in [6.45, 7) is 13.7. The first kappa shape index (κ1) is 16.0. The van der Waals surface area contributed by atoms with Gasteiger partial charge >= 0.3 is 0 Å². The van der Waals surface area contributed by atoms with Crippen LogP contribution in [0.5, 0.6) is 0 Å². The Morgan fingerprint density at radius 1 is 1.33 bits per heavy atom. The van der Waals surface area contributed by atoms with Gasteiger partial charge in [0.2, 0.25) is 0 Å². The van der Waals surface area contributed by atoms with Gasteiger partial charge in [-0.1, -0.05) is 27.7 Å². The Kier molecular flexibility index (Phi) is 6.65. The van der Waals surface area contributed by atoms with E-state index in [4.69, 9.17) is 4.74 Å². The van der Waals surface area contributed by atoms with E-state index in [1.54, 1.807) is 0 Å². The molecule has 108 valence electrons. The number of ether oxygens (including phenoxy) is 1. The highest BCUT2D eigenvalue weighted by atomic mass is 16.5. The van der Waals surface area contributed by atoms with Crippen molar-refractivity contribution in [2.45, 2.75) is 78.9 Å². The van der Waals surface area contributed by atoms with Gasteiger partial charge in [-0.15, -0.1) is 0 Å². The molecule has 0 aromatic rings. The van der Waals surface area contributed by atoms with Gasteiger partial charge in [0, 0.05) is 0 Å². The molecule has 1 fully saturated rings. The minimum atomic E-state index is 0.412. The summed E-state index contributed by atoms with van der Waals surface area (Å²) in [4.78, 5) is 0. The summed E-state index contributed by atoms with van der Waals surface area (Å²) in [5, 5.41) is 3.37. The summed E-state index contributed by atoms with van der Waals surface area (Å²) in [5.74, 6) is 0.813. The molecule has 1 N–H and O–H groups in total. The molecule has 0 radical (unpaired) electrons. The van der Waals surface area contributed by atoms with Crippen LogP contribution in [0.3, 0.4) is 0 Å². The highest BCUT2D eigenvalue weighted by Gasteiger charge is 2.33. The van der Waals surface area contributed by atoms with E-state index in [2.05, 4.69) is 39.9 Å². The fraction of sp³-hybridized carbons (Fsp3) is 1.00. The first-order valence-corrected chi connectivity index (χ1v) is 7.79. The number of hydrogen-bond acceptors (Lipinski definition) is 2. The molecule has 0 saturated heterocycles. The average molecular weight is 255 g/mol. The van der Waals surface area contributed by atoms with Crippen LogP contribution in [0, 0.1) is 11.3 Å². The first-order valence-electron chi connectivity index (χ1n) is 7.79. The maximum atomic E-state index is 6.25. The lowest BCUT2D eigenvalue weighted by Gasteiger charge is -2.39. The zero-order valence-electron chi connectivity index (χ0n) is 13.1. The Balaban J connectivity index is 2.24. The standard InChI is InChI=1S/C16H33NO/c1-6-17-9-7-8-14(3)18-15-10-13(2)11-16(4,5)12-15/h13-15,17H,6-12H2,1-5H3. The number of nitrogens with one attached hydrogen (secondary N) is 1. The van der Waals surface area contributed by atoms with E-state index in [1.807, 2.05) is 0 Å². The zero-order chi connectivity index (χ0) is 13.6. The van der Waals surface area contributed by atoms with Crippen LogP contribution in [0.1, 0.15) is 66.7 Å². The molecule has 2 nitrogen and oxygen atoms in total. The predicted molar refractivity (Wildman–Crippen MR) is 78.9 cm³/mol. The Hall–Kier alpha value is -0.0800. The van der Waals surface area contributed by atoms with Crippen molar-refractivity contribution < 1.29 is 4.74 Å². The Morgan fingerprint density at radius 3 is 2.67 bits per heavy atom. The van der Waals surface area contributed by atoms with Gasteiger partial charge in [0.15, 0.2) is 0 Å². The third-order valence-electron chi connectivity index (χ3n) is 3.99. The summed E-state index contributed by atoms with van der Waals surface area (Å²) in [6.07, 6.45) is 7.13. The van der Waals surface area contributed by atoms with Crippen molar-refractivity contribution in [1.29, 1.82) is 0 Å². The molecule has 0 aliphatic heterocycles. The summed E-state index contributed by atoms with van der Waals surface area (Å²) in [6, 6.07) is 0.